The average molecular weight is 323 g/mol. The zero-order valence-corrected chi connectivity index (χ0v) is 13.9. The molecule has 2 rings (SSSR count). The van der Waals surface area contributed by atoms with E-state index in [2.05, 4.69) is 6.08 Å². The molecule has 1 aliphatic carbocycles. The minimum Gasteiger partial charge on any atom is -0.469 e. The van der Waals surface area contributed by atoms with E-state index in [1.807, 2.05) is 0 Å². The van der Waals surface area contributed by atoms with Crippen LogP contribution in [0.15, 0.2) is 11.6 Å². The van der Waals surface area contributed by atoms with Crippen LogP contribution in [0.25, 0.3) is 0 Å². The molecule has 0 unspecified atom stereocenters. The fourth-order valence-electron chi connectivity index (χ4n) is 3.37. The number of hydrogen-bond donors (Lipinski definition) is 0. The highest BCUT2D eigenvalue weighted by atomic mass is 16.5. The summed E-state index contributed by atoms with van der Waals surface area (Å²) in [6.45, 7) is 0.381. The molecule has 0 spiro atoms. The Hall–Kier alpha value is -1.85. The maximum atomic E-state index is 12.6. The van der Waals surface area contributed by atoms with Crippen LogP contribution in [0.4, 0.5) is 0 Å². The van der Waals surface area contributed by atoms with Gasteiger partial charge >= 0.3 is 11.9 Å². The van der Waals surface area contributed by atoms with Gasteiger partial charge in [0.25, 0.3) is 0 Å². The van der Waals surface area contributed by atoms with E-state index in [0.29, 0.717) is 19.4 Å². The van der Waals surface area contributed by atoms with Gasteiger partial charge in [-0.3, -0.25) is 9.59 Å². The third-order valence-electron chi connectivity index (χ3n) is 4.69. The largest absolute Gasteiger partial charge is 0.469 e. The van der Waals surface area contributed by atoms with Gasteiger partial charge in [-0.25, -0.2) is 4.79 Å². The number of carbonyl (C=O) groups is 3. The molecule has 1 heterocycles. The maximum Gasteiger partial charge on any atom is 0.328 e. The number of allylic oxidation sites excluding steroid dienone is 1. The molecule has 1 amide bonds. The smallest absolute Gasteiger partial charge is 0.328 e. The van der Waals surface area contributed by atoms with Crippen molar-refractivity contribution in [3.8, 4) is 0 Å². The van der Waals surface area contributed by atoms with Crippen LogP contribution in [0.3, 0.4) is 0 Å². The SMILES string of the molecule is COC(=O)[C@@H]1CCN(C(=O)CC2=CCCCC2)[C@@H](C(=O)OC)C1. The van der Waals surface area contributed by atoms with Gasteiger partial charge in [-0.1, -0.05) is 11.6 Å². The first-order valence-electron chi connectivity index (χ1n) is 8.19. The van der Waals surface area contributed by atoms with Crippen molar-refractivity contribution in [3.63, 3.8) is 0 Å². The lowest BCUT2D eigenvalue weighted by Crippen LogP contribution is -2.51. The minimum absolute atomic E-state index is 0.0585. The monoisotopic (exact) mass is 323 g/mol. The summed E-state index contributed by atoms with van der Waals surface area (Å²) in [5.74, 6) is -1.22. The number of amides is 1. The van der Waals surface area contributed by atoms with E-state index in [0.717, 1.165) is 24.8 Å². The Morgan fingerprint density at radius 1 is 1.17 bits per heavy atom. The molecule has 0 aromatic carbocycles. The van der Waals surface area contributed by atoms with Crippen LogP contribution in [0.5, 0.6) is 0 Å². The quantitative estimate of drug-likeness (QED) is 0.583. The number of rotatable bonds is 4. The van der Waals surface area contributed by atoms with Gasteiger partial charge in [0.05, 0.1) is 20.1 Å². The molecule has 0 saturated carbocycles. The van der Waals surface area contributed by atoms with E-state index < -0.39 is 12.0 Å². The van der Waals surface area contributed by atoms with E-state index >= 15 is 0 Å². The molecule has 0 aromatic heterocycles. The molecule has 0 N–H and O–H groups in total. The summed E-state index contributed by atoms with van der Waals surface area (Å²) in [5.41, 5.74) is 1.15. The zero-order chi connectivity index (χ0) is 16.8. The second-order valence-electron chi connectivity index (χ2n) is 6.16. The molecule has 0 radical (unpaired) electrons. The molecule has 6 nitrogen and oxygen atoms in total. The van der Waals surface area contributed by atoms with E-state index in [9.17, 15) is 14.4 Å². The number of carbonyl (C=O) groups excluding carboxylic acids is 3. The van der Waals surface area contributed by atoms with Gasteiger partial charge in [0.1, 0.15) is 6.04 Å². The lowest BCUT2D eigenvalue weighted by molar-refractivity contribution is -0.159. The third kappa shape index (κ3) is 4.33. The normalized spacial score (nSPS) is 24.6. The standard InChI is InChI=1S/C17H25NO5/c1-22-16(20)13-8-9-18(14(11-13)17(21)23-2)15(19)10-12-6-4-3-5-7-12/h6,13-14H,3-5,7-11H2,1-2H3/t13-,14-/m1/s1. The average Bonchev–Trinajstić information content (AvgIpc) is 2.60. The molecule has 128 valence electrons. The number of likely N-dealkylation sites (tertiary alicyclic amines) is 1. The van der Waals surface area contributed by atoms with Gasteiger partial charge in [-0.05, 0) is 38.5 Å². The zero-order valence-electron chi connectivity index (χ0n) is 13.9. The van der Waals surface area contributed by atoms with Gasteiger partial charge in [-0.15, -0.1) is 0 Å². The Morgan fingerprint density at radius 2 is 1.91 bits per heavy atom. The third-order valence-corrected chi connectivity index (χ3v) is 4.69. The Morgan fingerprint density at radius 3 is 2.52 bits per heavy atom. The van der Waals surface area contributed by atoms with Crippen molar-refractivity contribution in [2.45, 2.75) is 51.0 Å². The van der Waals surface area contributed by atoms with E-state index in [4.69, 9.17) is 9.47 Å². The van der Waals surface area contributed by atoms with Crippen LogP contribution in [0.1, 0.15) is 44.9 Å². The first-order valence-corrected chi connectivity index (χ1v) is 8.19. The van der Waals surface area contributed by atoms with Gasteiger partial charge < -0.3 is 14.4 Å². The second-order valence-corrected chi connectivity index (χ2v) is 6.16. The lowest BCUT2D eigenvalue weighted by atomic mass is 9.89. The van der Waals surface area contributed by atoms with Crippen LogP contribution in [-0.4, -0.2) is 49.6 Å². The predicted molar refractivity (Wildman–Crippen MR) is 83.4 cm³/mol. The molecule has 23 heavy (non-hydrogen) atoms. The number of esters is 2. The fourth-order valence-corrected chi connectivity index (χ4v) is 3.37. The van der Waals surface area contributed by atoms with Crippen molar-refractivity contribution in [3.05, 3.63) is 11.6 Å². The van der Waals surface area contributed by atoms with Crippen molar-refractivity contribution in [1.29, 1.82) is 0 Å². The van der Waals surface area contributed by atoms with Crippen molar-refractivity contribution in [1.82, 2.24) is 4.90 Å². The summed E-state index contributed by atoms with van der Waals surface area (Å²) in [6, 6.07) is -0.699. The summed E-state index contributed by atoms with van der Waals surface area (Å²) in [4.78, 5) is 38.0. The summed E-state index contributed by atoms with van der Waals surface area (Å²) < 4.78 is 9.59. The van der Waals surface area contributed by atoms with E-state index in [-0.39, 0.29) is 24.2 Å². The molecule has 1 saturated heterocycles. The van der Waals surface area contributed by atoms with Gasteiger partial charge in [0.2, 0.25) is 5.91 Å². The highest BCUT2D eigenvalue weighted by molar-refractivity contribution is 5.87. The van der Waals surface area contributed by atoms with Crippen molar-refractivity contribution in [2.75, 3.05) is 20.8 Å². The number of hydrogen-bond acceptors (Lipinski definition) is 5. The number of ether oxygens (including phenoxy) is 2. The minimum atomic E-state index is -0.699. The molecular formula is C17H25NO5. The second kappa shape index (κ2) is 8.13. The van der Waals surface area contributed by atoms with Crippen LogP contribution >= 0.6 is 0 Å². The Labute approximate surface area is 136 Å². The molecule has 0 aromatic rings. The molecule has 6 heteroatoms. The molecule has 1 fully saturated rings. The van der Waals surface area contributed by atoms with Gasteiger partial charge in [0, 0.05) is 13.0 Å². The Kier molecular flexibility index (Phi) is 6.19. The predicted octanol–water partition coefficient (Wildman–Crippen LogP) is 1.83. The highest BCUT2D eigenvalue weighted by Crippen LogP contribution is 2.27. The molecule has 1 aliphatic heterocycles. The molecule has 0 bridgehead atoms. The number of piperidine rings is 1. The Balaban J connectivity index is 2.06. The van der Waals surface area contributed by atoms with Gasteiger partial charge in [-0.2, -0.15) is 0 Å². The van der Waals surface area contributed by atoms with Crippen LogP contribution in [0, 0.1) is 5.92 Å². The van der Waals surface area contributed by atoms with Gasteiger partial charge in [0.15, 0.2) is 0 Å². The van der Waals surface area contributed by atoms with Crippen molar-refractivity contribution >= 4 is 17.8 Å². The van der Waals surface area contributed by atoms with Crippen molar-refractivity contribution in [2.24, 2.45) is 5.92 Å². The maximum absolute atomic E-state index is 12.6. The number of methoxy groups -OCH3 is 2. The first kappa shape index (κ1) is 17.5. The van der Waals surface area contributed by atoms with E-state index in [1.54, 1.807) is 4.90 Å². The molecule has 2 aliphatic rings. The molecule has 2 atom stereocenters. The highest BCUT2D eigenvalue weighted by Gasteiger charge is 2.39. The summed E-state index contributed by atoms with van der Waals surface area (Å²) in [7, 11) is 2.64. The topological polar surface area (TPSA) is 72.9 Å². The first-order chi connectivity index (χ1) is 11.1. The van der Waals surface area contributed by atoms with Crippen LogP contribution in [-0.2, 0) is 23.9 Å². The molecular weight excluding hydrogens is 298 g/mol. The van der Waals surface area contributed by atoms with E-state index in [1.165, 1.54) is 20.6 Å². The lowest BCUT2D eigenvalue weighted by Gasteiger charge is -2.37. The summed E-state index contributed by atoms with van der Waals surface area (Å²) in [6.07, 6.45) is 7.54. The fraction of sp³-hybridized carbons (Fsp3) is 0.706. The Bertz CT molecular complexity index is 499. The number of nitrogens with zero attached hydrogens (tertiary/aromatic N) is 1. The summed E-state index contributed by atoms with van der Waals surface area (Å²) in [5, 5.41) is 0. The summed E-state index contributed by atoms with van der Waals surface area (Å²) >= 11 is 0. The van der Waals surface area contributed by atoms with Crippen LogP contribution < -0.4 is 0 Å². The van der Waals surface area contributed by atoms with Crippen molar-refractivity contribution < 1.29 is 23.9 Å². The van der Waals surface area contributed by atoms with Crippen LogP contribution in [0.2, 0.25) is 0 Å².